The molecule has 0 N–H and O–H groups in total. The SMILES string of the molecule is CCOC(=O)C1(CI)CC1. The molecule has 1 aliphatic carbocycles. The number of rotatable bonds is 3. The van der Waals surface area contributed by atoms with E-state index in [0.717, 1.165) is 17.3 Å². The van der Waals surface area contributed by atoms with Crippen molar-refractivity contribution in [3.63, 3.8) is 0 Å². The lowest BCUT2D eigenvalue weighted by Gasteiger charge is -2.08. The number of carbonyl (C=O) groups excluding carboxylic acids is 1. The average molecular weight is 254 g/mol. The van der Waals surface area contributed by atoms with E-state index in [2.05, 4.69) is 22.6 Å². The van der Waals surface area contributed by atoms with E-state index in [1.165, 1.54) is 0 Å². The second-order valence-electron chi connectivity index (χ2n) is 2.63. The summed E-state index contributed by atoms with van der Waals surface area (Å²) in [5.41, 5.74) is -0.0728. The zero-order chi connectivity index (χ0) is 7.61. The molecule has 0 aliphatic heterocycles. The molecule has 0 spiro atoms. The van der Waals surface area contributed by atoms with E-state index in [-0.39, 0.29) is 11.4 Å². The fraction of sp³-hybridized carbons (Fsp3) is 0.857. The maximum atomic E-state index is 11.1. The van der Waals surface area contributed by atoms with Crippen LogP contribution in [0.1, 0.15) is 19.8 Å². The molecule has 3 heteroatoms. The molecule has 0 aromatic heterocycles. The van der Waals surface area contributed by atoms with Gasteiger partial charge in [-0.05, 0) is 19.8 Å². The maximum Gasteiger partial charge on any atom is 0.312 e. The molecule has 0 unspecified atom stereocenters. The summed E-state index contributed by atoms with van der Waals surface area (Å²) in [5.74, 6) is 0.00407. The first kappa shape index (κ1) is 8.30. The van der Waals surface area contributed by atoms with E-state index < -0.39 is 0 Å². The Labute approximate surface area is 74.5 Å². The van der Waals surface area contributed by atoms with Crippen LogP contribution in [0.25, 0.3) is 0 Å². The van der Waals surface area contributed by atoms with Crippen molar-refractivity contribution in [2.75, 3.05) is 11.0 Å². The fourth-order valence-corrected chi connectivity index (χ4v) is 1.90. The highest BCUT2D eigenvalue weighted by molar-refractivity contribution is 14.1. The van der Waals surface area contributed by atoms with Crippen LogP contribution in [0.5, 0.6) is 0 Å². The number of carbonyl (C=O) groups is 1. The zero-order valence-electron chi connectivity index (χ0n) is 6.02. The van der Waals surface area contributed by atoms with Gasteiger partial charge in [-0.3, -0.25) is 4.79 Å². The molecular formula is C7H11IO2. The third kappa shape index (κ3) is 1.44. The van der Waals surface area contributed by atoms with Crippen molar-refractivity contribution in [1.82, 2.24) is 0 Å². The Balaban J connectivity index is 2.40. The van der Waals surface area contributed by atoms with E-state index in [0.29, 0.717) is 6.61 Å². The van der Waals surface area contributed by atoms with E-state index in [4.69, 9.17) is 4.74 Å². The summed E-state index contributed by atoms with van der Waals surface area (Å²) in [6.45, 7) is 2.36. The molecule has 0 saturated heterocycles. The Hall–Kier alpha value is 0.200. The van der Waals surface area contributed by atoms with Crippen molar-refractivity contribution in [2.45, 2.75) is 19.8 Å². The topological polar surface area (TPSA) is 26.3 Å². The van der Waals surface area contributed by atoms with E-state index in [9.17, 15) is 4.79 Å². The van der Waals surface area contributed by atoms with Crippen molar-refractivity contribution in [3.8, 4) is 0 Å². The van der Waals surface area contributed by atoms with Crippen molar-refractivity contribution >= 4 is 28.6 Å². The second kappa shape index (κ2) is 3.07. The standard InChI is InChI=1S/C7H11IO2/c1-2-10-6(9)7(5-8)3-4-7/h2-5H2,1H3. The molecule has 0 aromatic carbocycles. The van der Waals surface area contributed by atoms with E-state index in [1.807, 2.05) is 6.92 Å². The maximum absolute atomic E-state index is 11.1. The highest BCUT2D eigenvalue weighted by atomic mass is 127. The molecule has 0 aromatic rings. The number of ether oxygens (including phenoxy) is 1. The van der Waals surface area contributed by atoms with Gasteiger partial charge in [-0.25, -0.2) is 0 Å². The molecular weight excluding hydrogens is 243 g/mol. The van der Waals surface area contributed by atoms with Crippen LogP contribution in [0.4, 0.5) is 0 Å². The van der Waals surface area contributed by atoms with Crippen LogP contribution in [0.15, 0.2) is 0 Å². The van der Waals surface area contributed by atoms with Crippen LogP contribution in [-0.2, 0) is 9.53 Å². The lowest BCUT2D eigenvalue weighted by Crippen LogP contribution is -2.20. The predicted molar refractivity (Wildman–Crippen MR) is 47.2 cm³/mol. The largest absolute Gasteiger partial charge is 0.466 e. The van der Waals surface area contributed by atoms with Crippen molar-refractivity contribution in [2.24, 2.45) is 5.41 Å². The van der Waals surface area contributed by atoms with Gasteiger partial charge in [-0.2, -0.15) is 0 Å². The number of halogens is 1. The highest BCUT2D eigenvalue weighted by Gasteiger charge is 2.50. The second-order valence-corrected chi connectivity index (χ2v) is 3.40. The number of hydrogen-bond acceptors (Lipinski definition) is 2. The number of hydrogen-bond donors (Lipinski definition) is 0. The van der Waals surface area contributed by atoms with Gasteiger partial charge in [0.25, 0.3) is 0 Å². The molecule has 2 nitrogen and oxygen atoms in total. The Morgan fingerprint density at radius 1 is 1.70 bits per heavy atom. The smallest absolute Gasteiger partial charge is 0.312 e. The lowest BCUT2D eigenvalue weighted by atomic mass is 10.1. The van der Waals surface area contributed by atoms with Crippen molar-refractivity contribution in [3.05, 3.63) is 0 Å². The highest BCUT2D eigenvalue weighted by Crippen LogP contribution is 2.48. The minimum Gasteiger partial charge on any atom is -0.466 e. The molecule has 0 heterocycles. The average Bonchev–Trinajstić information content (AvgIpc) is 2.68. The Morgan fingerprint density at radius 3 is 2.60 bits per heavy atom. The van der Waals surface area contributed by atoms with Gasteiger partial charge in [0.1, 0.15) is 0 Å². The van der Waals surface area contributed by atoms with Gasteiger partial charge in [-0.15, -0.1) is 0 Å². The number of esters is 1. The number of alkyl halides is 1. The van der Waals surface area contributed by atoms with E-state index >= 15 is 0 Å². The molecule has 10 heavy (non-hydrogen) atoms. The van der Waals surface area contributed by atoms with Gasteiger partial charge in [0.05, 0.1) is 12.0 Å². The Kier molecular flexibility index (Phi) is 2.55. The van der Waals surface area contributed by atoms with Gasteiger partial charge in [-0.1, -0.05) is 22.6 Å². The minimum atomic E-state index is -0.0728. The summed E-state index contributed by atoms with van der Waals surface area (Å²) < 4.78 is 5.82. The summed E-state index contributed by atoms with van der Waals surface area (Å²) in [6, 6.07) is 0. The Bertz CT molecular complexity index is 141. The molecule has 1 aliphatic rings. The zero-order valence-corrected chi connectivity index (χ0v) is 8.18. The van der Waals surface area contributed by atoms with Crippen LogP contribution in [0, 0.1) is 5.41 Å². The van der Waals surface area contributed by atoms with Crippen LogP contribution >= 0.6 is 22.6 Å². The van der Waals surface area contributed by atoms with Crippen LogP contribution in [0.2, 0.25) is 0 Å². The van der Waals surface area contributed by atoms with Gasteiger partial charge < -0.3 is 4.74 Å². The van der Waals surface area contributed by atoms with Crippen molar-refractivity contribution in [1.29, 1.82) is 0 Å². The molecule has 0 bridgehead atoms. The predicted octanol–water partition coefficient (Wildman–Crippen LogP) is 1.76. The van der Waals surface area contributed by atoms with Crippen molar-refractivity contribution < 1.29 is 9.53 Å². The van der Waals surface area contributed by atoms with Gasteiger partial charge in [0.2, 0.25) is 0 Å². The van der Waals surface area contributed by atoms with Crippen LogP contribution < -0.4 is 0 Å². The summed E-state index contributed by atoms with van der Waals surface area (Å²) >= 11 is 2.25. The quantitative estimate of drug-likeness (QED) is 0.436. The summed E-state index contributed by atoms with van der Waals surface area (Å²) in [4.78, 5) is 11.1. The first-order valence-corrected chi connectivity index (χ1v) is 5.01. The molecule has 1 fully saturated rings. The molecule has 1 rings (SSSR count). The third-order valence-electron chi connectivity index (χ3n) is 1.82. The minimum absolute atomic E-state index is 0.00407. The summed E-state index contributed by atoms with van der Waals surface area (Å²) in [6.07, 6.45) is 2.05. The molecule has 0 amide bonds. The molecule has 0 radical (unpaired) electrons. The normalized spacial score (nSPS) is 20.2. The Morgan fingerprint density at radius 2 is 2.30 bits per heavy atom. The monoisotopic (exact) mass is 254 g/mol. The van der Waals surface area contributed by atoms with E-state index in [1.54, 1.807) is 0 Å². The van der Waals surface area contributed by atoms with Gasteiger partial charge >= 0.3 is 5.97 Å². The molecule has 0 atom stereocenters. The third-order valence-corrected chi connectivity index (χ3v) is 3.28. The molecule has 58 valence electrons. The first-order chi connectivity index (χ1) is 4.75. The van der Waals surface area contributed by atoms with Crippen LogP contribution in [0.3, 0.4) is 0 Å². The lowest BCUT2D eigenvalue weighted by molar-refractivity contribution is -0.148. The van der Waals surface area contributed by atoms with Gasteiger partial charge in [0.15, 0.2) is 0 Å². The fourth-order valence-electron chi connectivity index (χ4n) is 0.827. The van der Waals surface area contributed by atoms with Gasteiger partial charge in [0, 0.05) is 4.43 Å². The molecule has 1 saturated carbocycles. The first-order valence-electron chi connectivity index (χ1n) is 3.48. The summed E-state index contributed by atoms with van der Waals surface area (Å²) in [7, 11) is 0. The van der Waals surface area contributed by atoms with Crippen LogP contribution in [-0.4, -0.2) is 17.0 Å². The summed E-state index contributed by atoms with van der Waals surface area (Å²) in [5, 5.41) is 0.